The van der Waals surface area contributed by atoms with Gasteiger partial charge in [-0.3, -0.25) is 4.68 Å². The Bertz CT molecular complexity index is 291. The van der Waals surface area contributed by atoms with E-state index in [0.29, 0.717) is 6.42 Å². The van der Waals surface area contributed by atoms with Crippen molar-refractivity contribution in [2.75, 3.05) is 0 Å². The van der Waals surface area contributed by atoms with Crippen LogP contribution in [0, 0.1) is 0 Å². The SMILES string of the molecule is OB(O)c1ccnn1[C@H]1C[C@@H]1F. The lowest BCUT2D eigenvalue weighted by atomic mass is 9.86. The van der Waals surface area contributed by atoms with Crippen molar-refractivity contribution >= 4 is 12.7 Å². The number of alkyl halides is 1. The van der Waals surface area contributed by atoms with Gasteiger partial charge in [0.25, 0.3) is 0 Å². The van der Waals surface area contributed by atoms with Crippen molar-refractivity contribution in [2.24, 2.45) is 0 Å². The van der Waals surface area contributed by atoms with Gasteiger partial charge in [0.15, 0.2) is 0 Å². The summed E-state index contributed by atoms with van der Waals surface area (Å²) in [6.07, 6.45) is 0.962. The fourth-order valence-electron chi connectivity index (χ4n) is 1.21. The topological polar surface area (TPSA) is 58.3 Å². The monoisotopic (exact) mass is 170 g/mol. The van der Waals surface area contributed by atoms with E-state index in [0.717, 1.165) is 0 Å². The lowest BCUT2D eigenvalue weighted by molar-refractivity contribution is 0.410. The fraction of sp³-hybridized carbons (Fsp3) is 0.500. The molecule has 0 spiro atoms. The third-order valence-corrected chi connectivity index (χ3v) is 1.96. The van der Waals surface area contributed by atoms with Crippen LogP contribution in [0.2, 0.25) is 0 Å². The minimum absolute atomic E-state index is 0.250. The number of halogens is 1. The molecule has 0 radical (unpaired) electrons. The van der Waals surface area contributed by atoms with Crippen LogP contribution >= 0.6 is 0 Å². The average molecular weight is 170 g/mol. The van der Waals surface area contributed by atoms with Gasteiger partial charge in [0.2, 0.25) is 0 Å². The highest BCUT2D eigenvalue weighted by atomic mass is 19.1. The Balaban J connectivity index is 2.25. The molecule has 1 aromatic rings. The first kappa shape index (κ1) is 7.76. The predicted octanol–water partition coefficient (Wildman–Crippen LogP) is -1.15. The van der Waals surface area contributed by atoms with Crippen molar-refractivity contribution in [3.63, 3.8) is 0 Å². The normalized spacial score (nSPS) is 27.2. The highest BCUT2D eigenvalue weighted by molar-refractivity contribution is 6.57. The summed E-state index contributed by atoms with van der Waals surface area (Å²) in [6, 6.07) is 1.17. The summed E-state index contributed by atoms with van der Waals surface area (Å²) in [4.78, 5) is 0. The largest absolute Gasteiger partial charge is 0.507 e. The van der Waals surface area contributed by atoms with Crippen molar-refractivity contribution < 1.29 is 14.4 Å². The van der Waals surface area contributed by atoms with E-state index in [1.54, 1.807) is 0 Å². The van der Waals surface area contributed by atoms with Gasteiger partial charge < -0.3 is 10.0 Å². The molecular weight excluding hydrogens is 162 g/mol. The van der Waals surface area contributed by atoms with E-state index in [1.807, 2.05) is 0 Å². The molecule has 0 aromatic carbocycles. The second kappa shape index (κ2) is 2.57. The summed E-state index contributed by atoms with van der Waals surface area (Å²) in [6.45, 7) is 0. The summed E-state index contributed by atoms with van der Waals surface area (Å²) in [5, 5.41) is 21.5. The van der Waals surface area contributed by atoms with Gasteiger partial charge >= 0.3 is 7.12 Å². The molecule has 0 aliphatic heterocycles. The Kier molecular flexibility index (Phi) is 1.66. The van der Waals surface area contributed by atoms with Crippen molar-refractivity contribution in [1.29, 1.82) is 0 Å². The number of aromatic nitrogens is 2. The van der Waals surface area contributed by atoms with E-state index in [2.05, 4.69) is 5.10 Å². The summed E-state index contributed by atoms with van der Waals surface area (Å²) in [5.74, 6) is 0. The van der Waals surface area contributed by atoms with Crippen LogP contribution in [0.1, 0.15) is 12.5 Å². The second-order valence-electron chi connectivity index (χ2n) is 2.89. The summed E-state index contributed by atoms with van der Waals surface area (Å²) in [5.41, 5.74) is 0.250. The molecule has 0 saturated heterocycles. The third-order valence-electron chi connectivity index (χ3n) is 1.96. The first-order chi connectivity index (χ1) is 5.70. The Morgan fingerprint density at radius 3 is 2.83 bits per heavy atom. The molecule has 1 saturated carbocycles. The van der Waals surface area contributed by atoms with Crippen LogP contribution in [0.25, 0.3) is 0 Å². The van der Waals surface area contributed by atoms with Crippen LogP contribution in [0.3, 0.4) is 0 Å². The van der Waals surface area contributed by atoms with Gasteiger partial charge in [0.05, 0.1) is 11.6 Å². The van der Waals surface area contributed by atoms with Crippen molar-refractivity contribution in [3.8, 4) is 0 Å². The van der Waals surface area contributed by atoms with Gasteiger partial charge in [-0.2, -0.15) is 5.10 Å². The maximum absolute atomic E-state index is 12.6. The van der Waals surface area contributed by atoms with Crippen LogP contribution in [0.4, 0.5) is 4.39 Å². The first-order valence-electron chi connectivity index (χ1n) is 3.74. The number of hydrogen-bond acceptors (Lipinski definition) is 3. The minimum Gasteiger partial charge on any atom is -0.422 e. The minimum atomic E-state index is -1.57. The van der Waals surface area contributed by atoms with Crippen LogP contribution in [-0.2, 0) is 0 Å². The molecule has 1 fully saturated rings. The second-order valence-corrected chi connectivity index (χ2v) is 2.89. The molecule has 64 valence electrons. The first-order valence-corrected chi connectivity index (χ1v) is 3.74. The molecule has 4 nitrogen and oxygen atoms in total. The van der Waals surface area contributed by atoms with E-state index < -0.39 is 13.3 Å². The molecule has 2 atom stereocenters. The molecule has 2 rings (SSSR count). The van der Waals surface area contributed by atoms with Crippen LogP contribution in [0.15, 0.2) is 12.3 Å². The summed E-state index contributed by atoms with van der Waals surface area (Å²) < 4.78 is 13.9. The Morgan fingerprint density at radius 2 is 2.33 bits per heavy atom. The quantitative estimate of drug-likeness (QED) is 0.550. The summed E-state index contributed by atoms with van der Waals surface area (Å²) >= 11 is 0. The maximum atomic E-state index is 12.6. The van der Waals surface area contributed by atoms with E-state index in [4.69, 9.17) is 10.0 Å². The smallest absolute Gasteiger partial charge is 0.422 e. The molecule has 0 bridgehead atoms. The Hall–Kier alpha value is -0.875. The number of rotatable bonds is 2. The van der Waals surface area contributed by atoms with Gasteiger partial charge in [-0.15, -0.1) is 0 Å². The zero-order valence-electron chi connectivity index (χ0n) is 6.26. The maximum Gasteiger partial charge on any atom is 0.507 e. The van der Waals surface area contributed by atoms with Gasteiger partial charge in [-0.05, 0) is 6.07 Å². The molecule has 1 heterocycles. The molecule has 2 N–H and O–H groups in total. The number of hydrogen-bond donors (Lipinski definition) is 2. The fourth-order valence-corrected chi connectivity index (χ4v) is 1.21. The predicted molar refractivity (Wildman–Crippen MR) is 40.6 cm³/mol. The summed E-state index contributed by atoms with van der Waals surface area (Å²) in [7, 11) is -1.57. The Labute approximate surface area is 68.8 Å². The van der Waals surface area contributed by atoms with Crippen LogP contribution < -0.4 is 5.59 Å². The molecule has 1 aliphatic rings. The highest BCUT2D eigenvalue weighted by Gasteiger charge is 2.41. The molecule has 0 amide bonds. The van der Waals surface area contributed by atoms with Crippen LogP contribution in [-0.4, -0.2) is 33.1 Å². The molecular formula is C6H8BFN2O2. The van der Waals surface area contributed by atoms with Gasteiger partial charge in [-0.1, -0.05) is 0 Å². The molecule has 1 aliphatic carbocycles. The standard InChI is InChI=1S/C6H8BFN2O2/c8-4-3-5(4)10-6(7(11)12)1-2-9-10/h1-2,4-5,11-12H,3H2/t4-,5-/m0/s1. The van der Waals surface area contributed by atoms with Gasteiger partial charge in [0.1, 0.15) is 6.17 Å². The molecule has 12 heavy (non-hydrogen) atoms. The Morgan fingerprint density at radius 1 is 1.67 bits per heavy atom. The number of nitrogens with zero attached hydrogens (tertiary/aromatic N) is 2. The zero-order chi connectivity index (χ0) is 8.72. The van der Waals surface area contributed by atoms with E-state index in [1.165, 1.54) is 16.9 Å². The van der Waals surface area contributed by atoms with E-state index in [9.17, 15) is 4.39 Å². The lowest BCUT2D eigenvalue weighted by Crippen LogP contribution is -2.36. The van der Waals surface area contributed by atoms with Crippen molar-refractivity contribution in [2.45, 2.75) is 18.6 Å². The highest BCUT2D eigenvalue weighted by Crippen LogP contribution is 2.37. The molecule has 0 unspecified atom stereocenters. The van der Waals surface area contributed by atoms with Crippen molar-refractivity contribution in [3.05, 3.63) is 12.3 Å². The molecule has 1 aromatic heterocycles. The van der Waals surface area contributed by atoms with Gasteiger partial charge in [0, 0.05) is 12.6 Å². The van der Waals surface area contributed by atoms with Crippen LogP contribution in [0.5, 0.6) is 0 Å². The van der Waals surface area contributed by atoms with Crippen molar-refractivity contribution in [1.82, 2.24) is 9.78 Å². The van der Waals surface area contributed by atoms with Gasteiger partial charge in [-0.25, -0.2) is 4.39 Å². The zero-order valence-corrected chi connectivity index (χ0v) is 6.26. The third kappa shape index (κ3) is 1.13. The molecule has 6 heteroatoms. The lowest BCUT2D eigenvalue weighted by Gasteiger charge is -2.03. The van der Waals surface area contributed by atoms with E-state index in [-0.39, 0.29) is 11.6 Å². The van der Waals surface area contributed by atoms with E-state index >= 15 is 0 Å². The average Bonchev–Trinajstić information content (AvgIpc) is 2.58.